The van der Waals surface area contributed by atoms with E-state index in [-0.39, 0.29) is 5.92 Å². The third-order valence-electron chi connectivity index (χ3n) is 7.45. The van der Waals surface area contributed by atoms with Crippen molar-refractivity contribution in [2.24, 2.45) is 0 Å². The summed E-state index contributed by atoms with van der Waals surface area (Å²) in [6.45, 7) is 7.77. The fourth-order valence-corrected chi connectivity index (χ4v) is 5.60. The fourth-order valence-electron chi connectivity index (χ4n) is 5.44. The molecule has 3 aromatic rings. The van der Waals surface area contributed by atoms with E-state index in [0.29, 0.717) is 48.4 Å². The van der Waals surface area contributed by atoms with Crippen LogP contribution in [0.15, 0.2) is 48.7 Å². The lowest BCUT2D eigenvalue weighted by Gasteiger charge is -2.32. The van der Waals surface area contributed by atoms with E-state index in [1.165, 1.54) is 6.07 Å². The SMILES string of the molecule is CCOCCn1c(/C=C/C(=O)O)cnc1CN1CCC(c2cccc3c2OC(C)(c2ccc(Cl)cc2F)O3)CC1. The Morgan fingerprint density at radius 2 is 2.08 bits per heavy atom. The minimum Gasteiger partial charge on any atom is -0.478 e. The number of hydrogen-bond acceptors (Lipinski definition) is 6. The van der Waals surface area contributed by atoms with E-state index >= 15 is 0 Å². The van der Waals surface area contributed by atoms with Crippen LogP contribution in [0.5, 0.6) is 11.5 Å². The predicted molar refractivity (Wildman–Crippen MR) is 149 cm³/mol. The minimum absolute atomic E-state index is 0.263. The molecule has 5 rings (SSSR count). The second-order valence-electron chi connectivity index (χ2n) is 10.1. The van der Waals surface area contributed by atoms with Crippen molar-refractivity contribution in [2.75, 3.05) is 26.3 Å². The zero-order valence-corrected chi connectivity index (χ0v) is 23.4. The Labute approximate surface area is 237 Å². The van der Waals surface area contributed by atoms with Crippen molar-refractivity contribution in [2.45, 2.75) is 51.5 Å². The highest BCUT2D eigenvalue weighted by Crippen LogP contribution is 2.49. The Balaban J connectivity index is 1.27. The molecule has 1 atom stereocenters. The summed E-state index contributed by atoms with van der Waals surface area (Å²) in [6.07, 6.45) is 6.23. The highest BCUT2D eigenvalue weighted by atomic mass is 35.5. The van der Waals surface area contributed by atoms with E-state index in [2.05, 4.69) is 16.0 Å². The Morgan fingerprint density at radius 1 is 1.27 bits per heavy atom. The number of carboxylic acids is 1. The van der Waals surface area contributed by atoms with Gasteiger partial charge >= 0.3 is 5.97 Å². The summed E-state index contributed by atoms with van der Waals surface area (Å²) < 4.78 is 34.8. The van der Waals surface area contributed by atoms with Crippen molar-refractivity contribution in [3.8, 4) is 11.5 Å². The molecule has 212 valence electrons. The number of para-hydroxylation sites is 1. The van der Waals surface area contributed by atoms with Crippen molar-refractivity contribution in [1.82, 2.24) is 14.5 Å². The summed E-state index contributed by atoms with van der Waals surface area (Å²) in [5, 5.41) is 9.36. The van der Waals surface area contributed by atoms with Gasteiger partial charge in [0.15, 0.2) is 11.5 Å². The lowest BCUT2D eigenvalue weighted by Crippen LogP contribution is -2.34. The van der Waals surface area contributed by atoms with Crippen molar-refractivity contribution < 1.29 is 28.5 Å². The highest BCUT2D eigenvalue weighted by molar-refractivity contribution is 6.30. The van der Waals surface area contributed by atoms with Crippen molar-refractivity contribution in [1.29, 1.82) is 0 Å². The van der Waals surface area contributed by atoms with Crippen LogP contribution >= 0.6 is 11.6 Å². The fraction of sp³-hybridized carbons (Fsp3) is 0.400. The molecule has 0 aliphatic carbocycles. The predicted octanol–water partition coefficient (Wildman–Crippen LogP) is 5.83. The monoisotopic (exact) mass is 569 g/mol. The second kappa shape index (κ2) is 12.0. The molecule has 8 nitrogen and oxygen atoms in total. The van der Waals surface area contributed by atoms with Crippen LogP contribution in [-0.2, 0) is 28.4 Å². The molecule has 0 saturated carbocycles. The molecule has 2 aliphatic rings. The van der Waals surface area contributed by atoms with Gasteiger partial charge in [0.25, 0.3) is 5.79 Å². The smallest absolute Gasteiger partial charge is 0.328 e. The van der Waals surface area contributed by atoms with Gasteiger partial charge in [0.1, 0.15) is 11.6 Å². The number of carbonyl (C=O) groups is 1. The Morgan fingerprint density at radius 3 is 2.80 bits per heavy atom. The van der Waals surface area contributed by atoms with Gasteiger partial charge in [0, 0.05) is 36.7 Å². The quantitative estimate of drug-likeness (QED) is 0.243. The van der Waals surface area contributed by atoms with E-state index in [9.17, 15) is 9.18 Å². The molecule has 1 unspecified atom stereocenters. The largest absolute Gasteiger partial charge is 0.478 e. The van der Waals surface area contributed by atoms with Crippen LogP contribution in [0.25, 0.3) is 6.08 Å². The summed E-state index contributed by atoms with van der Waals surface area (Å²) in [6, 6.07) is 10.4. The number of ether oxygens (including phenoxy) is 3. The zero-order valence-electron chi connectivity index (χ0n) is 22.6. The number of fused-ring (bicyclic) bond motifs is 1. The van der Waals surface area contributed by atoms with Crippen LogP contribution in [0.1, 0.15) is 55.3 Å². The van der Waals surface area contributed by atoms with Crippen LogP contribution in [0.4, 0.5) is 4.39 Å². The summed E-state index contributed by atoms with van der Waals surface area (Å²) >= 11 is 5.95. The number of piperidine rings is 1. The lowest BCUT2D eigenvalue weighted by molar-refractivity contribution is -0.131. The van der Waals surface area contributed by atoms with Gasteiger partial charge < -0.3 is 23.9 Å². The summed E-state index contributed by atoms with van der Waals surface area (Å²) in [4.78, 5) is 18.0. The zero-order chi connectivity index (χ0) is 28.3. The van der Waals surface area contributed by atoms with Crippen LogP contribution < -0.4 is 9.47 Å². The molecule has 1 aromatic heterocycles. The first-order valence-electron chi connectivity index (χ1n) is 13.5. The summed E-state index contributed by atoms with van der Waals surface area (Å²) in [7, 11) is 0. The summed E-state index contributed by atoms with van der Waals surface area (Å²) in [5.74, 6) is -0.339. The highest BCUT2D eigenvalue weighted by Gasteiger charge is 2.43. The molecular formula is C30H33ClFN3O5. The minimum atomic E-state index is -1.28. The van der Waals surface area contributed by atoms with Gasteiger partial charge in [0.2, 0.25) is 0 Å². The van der Waals surface area contributed by atoms with Crippen molar-refractivity contribution >= 4 is 23.6 Å². The average molecular weight is 570 g/mol. The second-order valence-corrected chi connectivity index (χ2v) is 10.6. The molecule has 0 radical (unpaired) electrons. The Hall–Kier alpha value is -3.40. The van der Waals surface area contributed by atoms with E-state index < -0.39 is 17.6 Å². The average Bonchev–Trinajstić information content (AvgIpc) is 3.47. The van der Waals surface area contributed by atoms with E-state index in [0.717, 1.165) is 49.1 Å². The molecule has 1 fully saturated rings. The number of aliphatic carboxylic acids is 1. The first-order chi connectivity index (χ1) is 19.3. The van der Waals surface area contributed by atoms with Gasteiger partial charge in [-0.15, -0.1) is 0 Å². The molecule has 10 heteroatoms. The Kier molecular flexibility index (Phi) is 8.44. The molecule has 0 bridgehead atoms. The van der Waals surface area contributed by atoms with Crippen LogP contribution in [0.2, 0.25) is 5.02 Å². The van der Waals surface area contributed by atoms with Crippen molar-refractivity contribution in [3.63, 3.8) is 0 Å². The van der Waals surface area contributed by atoms with E-state index in [1.54, 1.807) is 31.3 Å². The van der Waals surface area contributed by atoms with Crippen molar-refractivity contribution in [3.05, 3.63) is 82.2 Å². The standard InChI is InChI=1S/C30H33ClFN3O5/c1-3-38-16-15-35-22(8-10-28(36)37)18-33-27(35)19-34-13-11-20(12-14-34)23-5-4-6-26-29(23)40-30(2,39-26)24-9-7-21(31)17-25(24)32/h4-10,17-18,20H,3,11-16,19H2,1-2H3,(H,36,37)/b10-8+. The maximum atomic E-state index is 14.7. The lowest BCUT2D eigenvalue weighted by atomic mass is 9.88. The van der Waals surface area contributed by atoms with Crippen LogP contribution in [0.3, 0.4) is 0 Å². The van der Waals surface area contributed by atoms with Gasteiger partial charge in [0.05, 0.1) is 30.6 Å². The number of hydrogen-bond donors (Lipinski definition) is 1. The molecular weight excluding hydrogens is 537 g/mol. The molecule has 0 amide bonds. The Bertz CT molecular complexity index is 1400. The van der Waals surface area contributed by atoms with Gasteiger partial charge in [-0.2, -0.15) is 0 Å². The number of halogens is 2. The molecule has 40 heavy (non-hydrogen) atoms. The van der Waals surface area contributed by atoms with Crippen LogP contribution in [-0.4, -0.2) is 51.8 Å². The van der Waals surface area contributed by atoms with Gasteiger partial charge in [-0.25, -0.2) is 14.2 Å². The molecule has 1 saturated heterocycles. The van der Waals surface area contributed by atoms with Gasteiger partial charge in [-0.3, -0.25) is 4.90 Å². The van der Waals surface area contributed by atoms with Gasteiger partial charge in [-0.05, 0) is 69.1 Å². The number of benzene rings is 2. The number of nitrogens with zero attached hydrogens (tertiary/aromatic N) is 3. The van der Waals surface area contributed by atoms with Crippen LogP contribution in [0, 0.1) is 5.82 Å². The summed E-state index contributed by atoms with van der Waals surface area (Å²) in [5.41, 5.74) is 2.10. The maximum Gasteiger partial charge on any atom is 0.328 e. The molecule has 2 aromatic carbocycles. The number of imidazole rings is 1. The topological polar surface area (TPSA) is 86.0 Å². The van der Waals surface area contributed by atoms with E-state index in [1.807, 2.05) is 23.6 Å². The third kappa shape index (κ3) is 6.01. The molecule has 1 N–H and O–H groups in total. The number of likely N-dealkylation sites (tertiary alicyclic amines) is 1. The molecule has 0 spiro atoms. The number of aromatic nitrogens is 2. The number of rotatable bonds is 10. The van der Waals surface area contributed by atoms with Gasteiger partial charge in [-0.1, -0.05) is 23.7 Å². The molecule has 2 aliphatic heterocycles. The third-order valence-corrected chi connectivity index (χ3v) is 7.69. The molecule has 3 heterocycles. The van der Waals surface area contributed by atoms with E-state index in [4.69, 9.17) is 30.9 Å². The maximum absolute atomic E-state index is 14.7. The normalized spacial score (nSPS) is 19.5. The number of carboxylic acid groups (broad SMARTS) is 1. The first-order valence-corrected chi connectivity index (χ1v) is 13.9. The first kappa shape index (κ1) is 28.1.